The lowest BCUT2D eigenvalue weighted by molar-refractivity contribution is -0.148. The minimum atomic E-state index is -0.136. The molecule has 0 unspecified atom stereocenters. The number of carbonyl (C=O) groups excluding carboxylic acids is 2. The zero-order valence-corrected chi connectivity index (χ0v) is 16.1. The molecule has 0 radical (unpaired) electrons. The molecule has 0 aromatic heterocycles. The first kappa shape index (κ1) is 18.9. The molecule has 0 saturated carbocycles. The van der Waals surface area contributed by atoms with Crippen LogP contribution in [0.1, 0.15) is 44.7 Å². The van der Waals surface area contributed by atoms with Gasteiger partial charge in [-0.1, -0.05) is 37.3 Å². The average molecular weight is 357 g/mol. The van der Waals surface area contributed by atoms with Crippen LogP contribution in [0.15, 0.2) is 30.3 Å². The first-order chi connectivity index (χ1) is 12.7. The zero-order chi connectivity index (χ0) is 18.5. The van der Waals surface area contributed by atoms with Crippen LogP contribution >= 0.6 is 0 Å². The van der Waals surface area contributed by atoms with Crippen LogP contribution in [0.25, 0.3) is 0 Å². The van der Waals surface area contributed by atoms with Gasteiger partial charge in [-0.05, 0) is 31.9 Å². The van der Waals surface area contributed by atoms with Gasteiger partial charge in [0.15, 0.2) is 0 Å². The van der Waals surface area contributed by atoms with E-state index in [2.05, 4.69) is 11.8 Å². The molecule has 0 N–H and O–H groups in total. The number of likely N-dealkylation sites (tertiary alicyclic amines) is 1. The van der Waals surface area contributed by atoms with Crippen molar-refractivity contribution in [3.63, 3.8) is 0 Å². The Kier molecular flexibility index (Phi) is 6.30. The molecular weight excluding hydrogens is 326 g/mol. The van der Waals surface area contributed by atoms with Crippen molar-refractivity contribution in [2.75, 3.05) is 39.3 Å². The standard InChI is InChI=1S/C21H31N3O2/c1-3-12-22-13-15-23(16-14-22)21(26)18-10-11-19(25)24(4-2)20(18)17-8-6-5-7-9-17/h5-9,18,20H,3-4,10-16H2,1-2H3/t18-,20+/m1/s1. The first-order valence-corrected chi connectivity index (χ1v) is 10.0. The van der Waals surface area contributed by atoms with Crippen LogP contribution in [-0.2, 0) is 9.59 Å². The lowest BCUT2D eigenvalue weighted by atomic mass is 9.83. The SMILES string of the molecule is CCCN1CCN(C(=O)[C@@H]2CCC(=O)N(CC)[C@H]2c2ccccc2)CC1. The maximum atomic E-state index is 13.3. The number of carbonyl (C=O) groups is 2. The van der Waals surface area contributed by atoms with Crippen molar-refractivity contribution < 1.29 is 9.59 Å². The molecule has 142 valence electrons. The summed E-state index contributed by atoms with van der Waals surface area (Å²) in [6.45, 7) is 9.47. The van der Waals surface area contributed by atoms with E-state index in [1.54, 1.807) is 0 Å². The van der Waals surface area contributed by atoms with Gasteiger partial charge >= 0.3 is 0 Å². The second-order valence-corrected chi connectivity index (χ2v) is 7.35. The highest BCUT2D eigenvalue weighted by molar-refractivity contribution is 5.85. The summed E-state index contributed by atoms with van der Waals surface area (Å²) < 4.78 is 0. The Morgan fingerprint density at radius 3 is 2.38 bits per heavy atom. The summed E-state index contributed by atoms with van der Waals surface area (Å²) in [6, 6.07) is 9.93. The van der Waals surface area contributed by atoms with Crippen molar-refractivity contribution in [3.05, 3.63) is 35.9 Å². The van der Waals surface area contributed by atoms with Gasteiger partial charge in [-0.15, -0.1) is 0 Å². The maximum absolute atomic E-state index is 13.3. The van der Waals surface area contributed by atoms with Gasteiger partial charge in [0, 0.05) is 39.1 Å². The van der Waals surface area contributed by atoms with Gasteiger partial charge in [-0.3, -0.25) is 14.5 Å². The highest BCUT2D eigenvalue weighted by atomic mass is 16.2. The van der Waals surface area contributed by atoms with E-state index in [1.165, 1.54) is 0 Å². The molecule has 2 saturated heterocycles. The van der Waals surface area contributed by atoms with Crippen LogP contribution in [0.2, 0.25) is 0 Å². The Morgan fingerprint density at radius 1 is 1.08 bits per heavy atom. The first-order valence-electron chi connectivity index (χ1n) is 10.0. The third-order valence-electron chi connectivity index (χ3n) is 5.73. The van der Waals surface area contributed by atoms with Crippen LogP contribution in [0.3, 0.4) is 0 Å². The Morgan fingerprint density at radius 2 is 1.77 bits per heavy atom. The summed E-state index contributed by atoms with van der Waals surface area (Å²) in [5.41, 5.74) is 1.07. The molecule has 5 heteroatoms. The molecule has 2 aliphatic rings. The molecule has 3 rings (SSSR count). The normalized spacial score (nSPS) is 24.8. The predicted molar refractivity (Wildman–Crippen MR) is 103 cm³/mol. The topological polar surface area (TPSA) is 43.9 Å². The van der Waals surface area contributed by atoms with E-state index in [4.69, 9.17) is 0 Å². The summed E-state index contributed by atoms with van der Waals surface area (Å²) in [5.74, 6) is 0.256. The van der Waals surface area contributed by atoms with E-state index in [9.17, 15) is 9.59 Å². The predicted octanol–water partition coefficient (Wildman–Crippen LogP) is 2.54. The van der Waals surface area contributed by atoms with Crippen LogP contribution in [0.4, 0.5) is 0 Å². The van der Waals surface area contributed by atoms with Crippen LogP contribution in [0.5, 0.6) is 0 Å². The quantitative estimate of drug-likeness (QED) is 0.813. The van der Waals surface area contributed by atoms with E-state index < -0.39 is 0 Å². The fourth-order valence-corrected chi connectivity index (χ4v) is 4.39. The summed E-state index contributed by atoms with van der Waals surface area (Å²) in [6.07, 6.45) is 2.28. The van der Waals surface area contributed by atoms with E-state index in [0.29, 0.717) is 19.4 Å². The van der Waals surface area contributed by atoms with Crippen molar-refractivity contribution in [1.29, 1.82) is 0 Å². The van der Waals surface area contributed by atoms with Gasteiger partial charge in [0.05, 0.1) is 12.0 Å². The van der Waals surface area contributed by atoms with E-state index in [0.717, 1.165) is 44.7 Å². The number of benzene rings is 1. The molecule has 2 amide bonds. The lowest BCUT2D eigenvalue weighted by Gasteiger charge is -2.43. The van der Waals surface area contributed by atoms with Gasteiger partial charge in [0.1, 0.15) is 0 Å². The van der Waals surface area contributed by atoms with Crippen LogP contribution < -0.4 is 0 Å². The summed E-state index contributed by atoms with van der Waals surface area (Å²) in [7, 11) is 0. The molecule has 2 aliphatic heterocycles. The van der Waals surface area contributed by atoms with Crippen molar-refractivity contribution in [2.45, 2.75) is 39.2 Å². The Bertz CT molecular complexity index is 611. The number of hydrogen-bond acceptors (Lipinski definition) is 3. The third kappa shape index (κ3) is 3.93. The molecule has 1 aromatic rings. The number of nitrogens with zero attached hydrogens (tertiary/aromatic N) is 3. The van der Waals surface area contributed by atoms with Crippen molar-refractivity contribution in [3.8, 4) is 0 Å². The summed E-state index contributed by atoms with van der Waals surface area (Å²) in [4.78, 5) is 32.2. The van der Waals surface area contributed by atoms with Gasteiger partial charge in [0.2, 0.25) is 11.8 Å². The third-order valence-corrected chi connectivity index (χ3v) is 5.73. The molecule has 5 nitrogen and oxygen atoms in total. The number of piperidine rings is 1. The molecule has 2 atom stereocenters. The Balaban J connectivity index is 1.78. The number of rotatable bonds is 5. The van der Waals surface area contributed by atoms with Gasteiger partial charge in [-0.2, -0.15) is 0 Å². The largest absolute Gasteiger partial charge is 0.340 e. The van der Waals surface area contributed by atoms with Gasteiger partial charge < -0.3 is 9.80 Å². The van der Waals surface area contributed by atoms with Crippen LogP contribution in [0, 0.1) is 5.92 Å². The fourth-order valence-electron chi connectivity index (χ4n) is 4.39. The zero-order valence-electron chi connectivity index (χ0n) is 16.1. The van der Waals surface area contributed by atoms with Crippen molar-refractivity contribution in [1.82, 2.24) is 14.7 Å². The highest BCUT2D eigenvalue weighted by Gasteiger charge is 2.41. The highest BCUT2D eigenvalue weighted by Crippen LogP contribution is 2.37. The van der Waals surface area contributed by atoms with Gasteiger partial charge in [0.25, 0.3) is 0 Å². The minimum Gasteiger partial charge on any atom is -0.340 e. The number of piperazine rings is 1. The molecule has 26 heavy (non-hydrogen) atoms. The summed E-state index contributed by atoms with van der Waals surface area (Å²) in [5, 5.41) is 0. The van der Waals surface area contributed by atoms with Crippen molar-refractivity contribution >= 4 is 11.8 Å². The second-order valence-electron chi connectivity index (χ2n) is 7.35. The Hall–Kier alpha value is -1.88. The number of amides is 2. The smallest absolute Gasteiger partial charge is 0.228 e. The summed E-state index contributed by atoms with van der Waals surface area (Å²) >= 11 is 0. The number of hydrogen-bond donors (Lipinski definition) is 0. The monoisotopic (exact) mass is 357 g/mol. The van der Waals surface area contributed by atoms with Crippen LogP contribution in [-0.4, -0.2) is 65.8 Å². The van der Waals surface area contributed by atoms with E-state index in [-0.39, 0.29) is 23.8 Å². The molecule has 0 spiro atoms. The molecule has 0 aliphatic carbocycles. The average Bonchev–Trinajstić information content (AvgIpc) is 2.68. The minimum absolute atomic E-state index is 0.132. The van der Waals surface area contributed by atoms with Crippen molar-refractivity contribution in [2.24, 2.45) is 5.92 Å². The van der Waals surface area contributed by atoms with E-state index in [1.807, 2.05) is 47.1 Å². The maximum Gasteiger partial charge on any atom is 0.228 e. The lowest BCUT2D eigenvalue weighted by Crippen LogP contribution is -2.54. The Labute approximate surface area is 156 Å². The molecule has 0 bridgehead atoms. The van der Waals surface area contributed by atoms with Gasteiger partial charge in [-0.25, -0.2) is 0 Å². The molecule has 2 fully saturated rings. The second kappa shape index (κ2) is 8.67. The molecule has 1 aromatic carbocycles. The molecular formula is C21H31N3O2. The fraction of sp³-hybridized carbons (Fsp3) is 0.619. The van der Waals surface area contributed by atoms with E-state index >= 15 is 0 Å². The molecule has 2 heterocycles.